The van der Waals surface area contributed by atoms with E-state index in [1.807, 2.05) is 6.08 Å². The SMILES string of the molecule is CCCCC[C@H](O)C=CC1OC2CC(C2)[C@@H]1CC=CCCCC(=O)OC. The van der Waals surface area contributed by atoms with E-state index in [0.29, 0.717) is 18.4 Å². The van der Waals surface area contributed by atoms with Crippen LogP contribution in [0.3, 0.4) is 0 Å². The molecule has 1 unspecified atom stereocenters. The topological polar surface area (TPSA) is 55.8 Å². The molecule has 1 aliphatic carbocycles. The van der Waals surface area contributed by atoms with E-state index in [2.05, 4.69) is 29.9 Å². The van der Waals surface area contributed by atoms with E-state index >= 15 is 0 Å². The highest BCUT2D eigenvalue weighted by atomic mass is 16.5. The van der Waals surface area contributed by atoms with Crippen LogP contribution in [0.5, 0.6) is 0 Å². The second-order valence-corrected chi connectivity index (χ2v) is 7.74. The summed E-state index contributed by atoms with van der Waals surface area (Å²) in [4.78, 5) is 11.1. The third-order valence-corrected chi connectivity index (χ3v) is 5.69. The predicted molar refractivity (Wildman–Crippen MR) is 104 cm³/mol. The fourth-order valence-corrected chi connectivity index (χ4v) is 3.95. The number of methoxy groups -OCH3 is 1. The number of esters is 1. The van der Waals surface area contributed by atoms with E-state index in [-0.39, 0.29) is 18.2 Å². The van der Waals surface area contributed by atoms with Gasteiger partial charge in [-0.25, -0.2) is 0 Å². The maximum Gasteiger partial charge on any atom is 0.305 e. The Hall–Kier alpha value is -1.13. The number of aliphatic hydroxyl groups is 1. The molecule has 26 heavy (non-hydrogen) atoms. The maximum absolute atomic E-state index is 11.1. The van der Waals surface area contributed by atoms with Crippen LogP contribution in [0, 0.1) is 11.8 Å². The van der Waals surface area contributed by atoms with Crippen LogP contribution in [0.25, 0.3) is 0 Å². The molecule has 3 rings (SSSR count). The van der Waals surface area contributed by atoms with Crippen LogP contribution in [-0.2, 0) is 14.3 Å². The van der Waals surface area contributed by atoms with Gasteiger partial charge in [-0.15, -0.1) is 0 Å². The second-order valence-electron chi connectivity index (χ2n) is 7.74. The molecule has 2 bridgehead atoms. The summed E-state index contributed by atoms with van der Waals surface area (Å²) >= 11 is 0. The number of allylic oxidation sites excluding steroid dienone is 2. The minimum Gasteiger partial charge on any atom is -0.469 e. The summed E-state index contributed by atoms with van der Waals surface area (Å²) in [7, 11) is 1.43. The molecule has 0 spiro atoms. The molecular weight excluding hydrogens is 328 g/mol. The molecule has 1 saturated carbocycles. The van der Waals surface area contributed by atoms with Crippen molar-refractivity contribution in [2.75, 3.05) is 7.11 Å². The quantitative estimate of drug-likeness (QED) is 0.313. The third kappa shape index (κ3) is 6.88. The van der Waals surface area contributed by atoms with Gasteiger partial charge in [0.15, 0.2) is 0 Å². The molecule has 3 fully saturated rings. The Labute approximate surface area is 158 Å². The highest BCUT2D eigenvalue weighted by Crippen LogP contribution is 2.46. The molecule has 4 heteroatoms. The van der Waals surface area contributed by atoms with Gasteiger partial charge in [-0.05, 0) is 50.4 Å². The number of hydrogen-bond donors (Lipinski definition) is 1. The van der Waals surface area contributed by atoms with Crippen molar-refractivity contribution < 1.29 is 19.4 Å². The zero-order valence-electron chi connectivity index (χ0n) is 16.4. The number of hydrogen-bond acceptors (Lipinski definition) is 4. The molecule has 2 saturated heterocycles. The lowest BCUT2D eigenvalue weighted by molar-refractivity contribution is -0.159. The first-order chi connectivity index (χ1) is 12.6. The molecule has 2 aliphatic heterocycles. The van der Waals surface area contributed by atoms with Gasteiger partial charge in [0, 0.05) is 6.42 Å². The summed E-state index contributed by atoms with van der Waals surface area (Å²) in [6.45, 7) is 2.18. The maximum atomic E-state index is 11.1. The van der Waals surface area contributed by atoms with Gasteiger partial charge in [0.2, 0.25) is 0 Å². The van der Waals surface area contributed by atoms with Crippen LogP contribution in [0.4, 0.5) is 0 Å². The van der Waals surface area contributed by atoms with Crippen molar-refractivity contribution in [1.29, 1.82) is 0 Å². The van der Waals surface area contributed by atoms with Crippen LogP contribution >= 0.6 is 0 Å². The Bertz CT molecular complexity index is 465. The largest absolute Gasteiger partial charge is 0.469 e. The fourth-order valence-electron chi connectivity index (χ4n) is 3.95. The summed E-state index contributed by atoms with van der Waals surface area (Å²) in [6.07, 6.45) is 18.6. The minimum absolute atomic E-state index is 0.132. The van der Waals surface area contributed by atoms with E-state index in [4.69, 9.17) is 4.74 Å². The summed E-state index contributed by atoms with van der Waals surface area (Å²) in [6, 6.07) is 0. The molecule has 4 nitrogen and oxygen atoms in total. The van der Waals surface area contributed by atoms with Crippen molar-refractivity contribution in [2.24, 2.45) is 11.8 Å². The van der Waals surface area contributed by atoms with Gasteiger partial charge < -0.3 is 14.6 Å². The molecule has 0 amide bonds. The van der Waals surface area contributed by atoms with E-state index in [1.54, 1.807) is 0 Å². The molecule has 3 aliphatic rings. The van der Waals surface area contributed by atoms with Gasteiger partial charge in [0.05, 0.1) is 25.4 Å². The summed E-state index contributed by atoms with van der Waals surface area (Å²) in [5, 5.41) is 10.1. The number of fused-ring (bicyclic) bond motifs is 2. The monoisotopic (exact) mass is 364 g/mol. The second kappa shape index (κ2) is 11.6. The fraction of sp³-hybridized carbons (Fsp3) is 0.773. The van der Waals surface area contributed by atoms with Crippen LogP contribution < -0.4 is 0 Å². The molecular formula is C22H36O4. The van der Waals surface area contributed by atoms with E-state index in [1.165, 1.54) is 32.8 Å². The molecule has 0 aromatic heterocycles. The van der Waals surface area contributed by atoms with Gasteiger partial charge in [-0.2, -0.15) is 0 Å². The van der Waals surface area contributed by atoms with Crippen molar-refractivity contribution in [3.8, 4) is 0 Å². The van der Waals surface area contributed by atoms with Crippen LogP contribution in [0.1, 0.15) is 71.1 Å². The number of ether oxygens (including phenoxy) is 2. The molecule has 2 heterocycles. The molecule has 0 radical (unpaired) electrons. The summed E-state index contributed by atoms with van der Waals surface area (Å²) < 4.78 is 10.8. The summed E-state index contributed by atoms with van der Waals surface area (Å²) in [5.41, 5.74) is 0. The van der Waals surface area contributed by atoms with Crippen molar-refractivity contribution in [3.05, 3.63) is 24.3 Å². The van der Waals surface area contributed by atoms with Crippen LogP contribution in [0.15, 0.2) is 24.3 Å². The first-order valence-corrected chi connectivity index (χ1v) is 10.4. The van der Waals surface area contributed by atoms with Gasteiger partial charge in [0.1, 0.15) is 0 Å². The molecule has 3 atom stereocenters. The Kier molecular flexibility index (Phi) is 9.41. The van der Waals surface area contributed by atoms with E-state index < -0.39 is 0 Å². The van der Waals surface area contributed by atoms with Crippen molar-refractivity contribution in [3.63, 3.8) is 0 Å². The van der Waals surface area contributed by atoms with Gasteiger partial charge in [0.25, 0.3) is 0 Å². The smallest absolute Gasteiger partial charge is 0.305 e. The van der Waals surface area contributed by atoms with Crippen molar-refractivity contribution >= 4 is 5.97 Å². The average Bonchev–Trinajstić information content (AvgIpc) is 2.62. The zero-order valence-corrected chi connectivity index (χ0v) is 16.4. The predicted octanol–water partition coefficient (Wildman–Crippen LogP) is 4.57. The molecule has 148 valence electrons. The van der Waals surface area contributed by atoms with Gasteiger partial charge >= 0.3 is 5.97 Å². The average molecular weight is 365 g/mol. The number of aliphatic hydroxyl groups excluding tert-OH is 1. The van der Waals surface area contributed by atoms with Gasteiger partial charge in [-0.1, -0.05) is 50.5 Å². The summed E-state index contributed by atoms with van der Waals surface area (Å²) in [5.74, 6) is 1.12. The standard InChI is InChI=1S/C22H36O4/c1-3-4-7-10-18(23)13-14-21-20(17-15-19(16-17)26-21)11-8-5-6-9-12-22(24)25-2/h5,8,13-14,17-21,23H,3-4,6-7,9-12,15-16H2,1-2H3/t17?,18-,19?,20-,21?/m0/s1. The molecule has 0 aromatic carbocycles. The first kappa shape index (κ1) is 21.2. The lowest BCUT2D eigenvalue weighted by Crippen LogP contribution is -2.49. The Morgan fingerprint density at radius 2 is 2.08 bits per heavy atom. The molecule has 0 aromatic rings. The lowest BCUT2D eigenvalue weighted by atomic mass is 9.67. The van der Waals surface area contributed by atoms with Crippen LogP contribution in [-0.4, -0.2) is 36.5 Å². The number of carbonyl (C=O) groups is 1. The first-order valence-electron chi connectivity index (χ1n) is 10.4. The Balaban J connectivity index is 1.74. The van der Waals surface area contributed by atoms with E-state index in [9.17, 15) is 9.90 Å². The number of rotatable bonds is 12. The van der Waals surface area contributed by atoms with Gasteiger partial charge in [-0.3, -0.25) is 4.79 Å². The normalized spacial score (nSPS) is 29.0. The highest BCUT2D eigenvalue weighted by molar-refractivity contribution is 5.69. The Morgan fingerprint density at radius 3 is 2.81 bits per heavy atom. The highest BCUT2D eigenvalue weighted by Gasteiger charge is 2.45. The molecule has 1 N–H and O–H groups in total. The van der Waals surface area contributed by atoms with Crippen molar-refractivity contribution in [1.82, 2.24) is 0 Å². The number of unbranched alkanes of at least 4 members (excludes halogenated alkanes) is 3. The zero-order chi connectivity index (χ0) is 18.8. The Morgan fingerprint density at radius 1 is 1.27 bits per heavy atom. The van der Waals surface area contributed by atoms with E-state index in [0.717, 1.165) is 38.0 Å². The van der Waals surface area contributed by atoms with Crippen LogP contribution in [0.2, 0.25) is 0 Å². The van der Waals surface area contributed by atoms with Crippen molar-refractivity contribution in [2.45, 2.75) is 89.4 Å². The number of carbonyl (C=O) groups excluding carboxylic acids is 1. The minimum atomic E-state index is -0.349. The third-order valence-electron chi connectivity index (χ3n) is 5.69. The lowest BCUT2D eigenvalue weighted by Gasteiger charge is -2.50.